The summed E-state index contributed by atoms with van der Waals surface area (Å²) in [5.41, 5.74) is 3.91. The standard InChI is InChI=1S/C18H14ClN5O4/c19-16-17(11-4-2-1-3-5-11)23(18(16)26)21-15(25)10-22-14-7-6-13(24(27)28)8-12(14)9-20-22/h1-9,16-17H,10H2,(H,21,25). The number of nitro groups is 1. The molecule has 28 heavy (non-hydrogen) atoms. The lowest BCUT2D eigenvalue weighted by molar-refractivity contribution is -0.384. The summed E-state index contributed by atoms with van der Waals surface area (Å²) in [7, 11) is 0. The predicted molar refractivity (Wildman–Crippen MR) is 100 cm³/mol. The largest absolute Gasteiger partial charge is 0.271 e. The maximum atomic E-state index is 12.4. The summed E-state index contributed by atoms with van der Waals surface area (Å²) >= 11 is 6.12. The fourth-order valence-electron chi connectivity index (χ4n) is 3.17. The number of rotatable bonds is 5. The third-order valence-electron chi connectivity index (χ3n) is 4.54. The van der Waals surface area contributed by atoms with Crippen molar-refractivity contribution in [3.8, 4) is 0 Å². The second kappa shape index (κ2) is 6.93. The number of hydrogen-bond acceptors (Lipinski definition) is 5. The number of nitro benzene ring substituents is 1. The minimum Gasteiger partial charge on any atom is -0.271 e. The molecule has 0 aliphatic carbocycles. The van der Waals surface area contributed by atoms with Crippen LogP contribution >= 0.6 is 11.6 Å². The molecule has 142 valence electrons. The molecule has 1 N–H and O–H groups in total. The number of non-ortho nitro benzene ring substituents is 1. The Hall–Kier alpha value is -3.46. The summed E-state index contributed by atoms with van der Waals surface area (Å²) in [6, 6.07) is 13.0. The fourth-order valence-corrected chi connectivity index (χ4v) is 3.53. The lowest BCUT2D eigenvalue weighted by Gasteiger charge is -2.43. The molecule has 0 radical (unpaired) electrons. The molecule has 3 aromatic rings. The van der Waals surface area contributed by atoms with Crippen LogP contribution in [-0.4, -0.2) is 36.9 Å². The van der Waals surface area contributed by atoms with Gasteiger partial charge in [-0.2, -0.15) is 5.10 Å². The Morgan fingerprint density at radius 2 is 2.00 bits per heavy atom. The smallest absolute Gasteiger partial charge is 0.270 e. The number of carbonyl (C=O) groups excluding carboxylic acids is 2. The molecule has 2 amide bonds. The third kappa shape index (κ3) is 3.05. The number of β-lactam (4-membered cyclic amide) rings is 1. The molecule has 1 fully saturated rings. The van der Waals surface area contributed by atoms with E-state index in [4.69, 9.17) is 11.6 Å². The van der Waals surface area contributed by atoms with Crippen molar-refractivity contribution in [1.29, 1.82) is 0 Å². The minimum absolute atomic E-state index is 0.0541. The highest BCUT2D eigenvalue weighted by atomic mass is 35.5. The van der Waals surface area contributed by atoms with Crippen LogP contribution in [0.5, 0.6) is 0 Å². The zero-order valence-corrected chi connectivity index (χ0v) is 15.1. The molecule has 2 atom stereocenters. The van der Waals surface area contributed by atoms with Crippen LogP contribution in [0.15, 0.2) is 54.7 Å². The summed E-state index contributed by atoms with van der Waals surface area (Å²) in [6.45, 7) is -0.153. The molecule has 0 bridgehead atoms. The minimum atomic E-state index is -0.742. The van der Waals surface area contributed by atoms with E-state index < -0.39 is 22.2 Å². The molecule has 1 saturated heterocycles. The van der Waals surface area contributed by atoms with E-state index in [1.54, 1.807) is 0 Å². The van der Waals surface area contributed by atoms with Crippen LogP contribution in [0.4, 0.5) is 5.69 Å². The van der Waals surface area contributed by atoms with Crippen molar-refractivity contribution in [1.82, 2.24) is 20.2 Å². The molecule has 10 heteroatoms. The van der Waals surface area contributed by atoms with Crippen molar-refractivity contribution in [2.75, 3.05) is 0 Å². The number of benzene rings is 2. The molecule has 0 spiro atoms. The van der Waals surface area contributed by atoms with Crippen molar-refractivity contribution in [2.24, 2.45) is 0 Å². The average Bonchev–Trinajstić information content (AvgIpc) is 3.10. The van der Waals surface area contributed by atoms with Crippen LogP contribution in [0.2, 0.25) is 0 Å². The van der Waals surface area contributed by atoms with Gasteiger partial charge in [0, 0.05) is 17.5 Å². The summed E-state index contributed by atoms with van der Waals surface area (Å²) in [4.78, 5) is 34.9. The van der Waals surface area contributed by atoms with Crippen molar-refractivity contribution < 1.29 is 14.5 Å². The first kappa shape index (κ1) is 17.9. The van der Waals surface area contributed by atoms with Gasteiger partial charge in [-0.05, 0) is 11.6 Å². The Morgan fingerprint density at radius 3 is 2.71 bits per heavy atom. The van der Waals surface area contributed by atoms with E-state index in [1.165, 1.54) is 34.1 Å². The average molecular weight is 400 g/mol. The molecule has 2 aromatic carbocycles. The Balaban J connectivity index is 1.49. The zero-order valence-electron chi connectivity index (χ0n) is 14.4. The van der Waals surface area contributed by atoms with E-state index in [0.29, 0.717) is 10.9 Å². The molecule has 0 saturated carbocycles. The first-order chi connectivity index (χ1) is 13.5. The molecule has 1 aliphatic heterocycles. The lowest BCUT2D eigenvalue weighted by atomic mass is 9.95. The van der Waals surface area contributed by atoms with Crippen LogP contribution in [0.25, 0.3) is 10.9 Å². The van der Waals surface area contributed by atoms with Crippen LogP contribution < -0.4 is 5.43 Å². The van der Waals surface area contributed by atoms with Crippen molar-refractivity contribution >= 4 is 40.0 Å². The van der Waals surface area contributed by atoms with Gasteiger partial charge in [-0.25, -0.2) is 5.01 Å². The van der Waals surface area contributed by atoms with Crippen LogP contribution in [0.1, 0.15) is 11.6 Å². The van der Waals surface area contributed by atoms with Gasteiger partial charge in [0.1, 0.15) is 18.0 Å². The highest BCUT2D eigenvalue weighted by Crippen LogP contribution is 2.36. The van der Waals surface area contributed by atoms with Crippen LogP contribution in [-0.2, 0) is 16.1 Å². The normalized spacial score (nSPS) is 18.8. The number of fused-ring (bicyclic) bond motifs is 1. The molecule has 1 aliphatic rings. The van der Waals surface area contributed by atoms with Crippen molar-refractivity contribution in [2.45, 2.75) is 18.0 Å². The molecule has 2 unspecified atom stereocenters. The number of hydrogen-bond donors (Lipinski definition) is 1. The van der Waals surface area contributed by atoms with Gasteiger partial charge >= 0.3 is 0 Å². The van der Waals surface area contributed by atoms with Gasteiger partial charge in [0.2, 0.25) is 0 Å². The second-order valence-electron chi connectivity index (χ2n) is 6.30. The summed E-state index contributed by atoms with van der Waals surface area (Å²) in [5, 5.41) is 16.0. The van der Waals surface area contributed by atoms with Crippen molar-refractivity contribution in [3.63, 3.8) is 0 Å². The topological polar surface area (TPSA) is 110 Å². The molecule has 1 aromatic heterocycles. The second-order valence-corrected chi connectivity index (χ2v) is 6.77. The first-order valence-corrected chi connectivity index (χ1v) is 8.81. The van der Waals surface area contributed by atoms with E-state index in [1.807, 2.05) is 30.3 Å². The third-order valence-corrected chi connectivity index (χ3v) is 4.97. The number of nitrogens with zero attached hydrogens (tertiary/aromatic N) is 4. The zero-order chi connectivity index (χ0) is 19.8. The molecule has 2 heterocycles. The Bertz CT molecular complexity index is 1080. The highest BCUT2D eigenvalue weighted by molar-refractivity contribution is 6.33. The van der Waals surface area contributed by atoms with Gasteiger partial charge in [0.05, 0.1) is 16.6 Å². The number of carbonyl (C=O) groups is 2. The number of alkyl halides is 1. The van der Waals surface area contributed by atoms with Gasteiger partial charge in [-0.15, -0.1) is 11.6 Å². The van der Waals surface area contributed by atoms with Crippen molar-refractivity contribution in [3.05, 3.63) is 70.4 Å². The molecule has 9 nitrogen and oxygen atoms in total. The number of amides is 2. The van der Waals surface area contributed by atoms with E-state index >= 15 is 0 Å². The Kier molecular flexibility index (Phi) is 4.44. The summed E-state index contributed by atoms with van der Waals surface area (Å²) in [6.07, 6.45) is 1.45. The summed E-state index contributed by atoms with van der Waals surface area (Å²) < 4.78 is 1.41. The summed E-state index contributed by atoms with van der Waals surface area (Å²) in [5.74, 6) is -0.842. The van der Waals surface area contributed by atoms with Gasteiger partial charge in [0.15, 0.2) is 0 Å². The highest BCUT2D eigenvalue weighted by Gasteiger charge is 2.48. The quantitative estimate of drug-likeness (QED) is 0.306. The van der Waals surface area contributed by atoms with E-state index in [0.717, 1.165) is 5.56 Å². The first-order valence-electron chi connectivity index (χ1n) is 8.37. The van der Waals surface area contributed by atoms with Gasteiger partial charge in [-0.3, -0.25) is 29.8 Å². The Morgan fingerprint density at radius 1 is 1.25 bits per heavy atom. The van der Waals surface area contributed by atoms with Gasteiger partial charge in [0.25, 0.3) is 17.5 Å². The van der Waals surface area contributed by atoms with Crippen LogP contribution in [0.3, 0.4) is 0 Å². The van der Waals surface area contributed by atoms with E-state index in [2.05, 4.69) is 10.5 Å². The number of aromatic nitrogens is 2. The maximum absolute atomic E-state index is 12.4. The maximum Gasteiger partial charge on any atom is 0.270 e. The monoisotopic (exact) mass is 399 g/mol. The molecular formula is C18H14ClN5O4. The molecule has 4 rings (SSSR count). The van der Waals surface area contributed by atoms with E-state index in [-0.39, 0.29) is 18.1 Å². The van der Waals surface area contributed by atoms with Crippen LogP contribution in [0, 0.1) is 10.1 Å². The van der Waals surface area contributed by atoms with Gasteiger partial charge in [-0.1, -0.05) is 30.3 Å². The predicted octanol–water partition coefficient (Wildman–Crippen LogP) is 2.17. The lowest BCUT2D eigenvalue weighted by Crippen LogP contribution is -2.63. The number of nitrogens with one attached hydrogen (secondary N) is 1. The fraction of sp³-hybridized carbons (Fsp3) is 0.167. The number of halogens is 1. The Labute approximate surface area is 163 Å². The molecular weight excluding hydrogens is 386 g/mol. The van der Waals surface area contributed by atoms with E-state index in [9.17, 15) is 19.7 Å². The number of hydrazine groups is 1. The van der Waals surface area contributed by atoms with Gasteiger partial charge < -0.3 is 0 Å². The SMILES string of the molecule is O=C(Cn1ncc2cc([N+](=O)[O-])ccc21)NN1C(=O)C(Cl)C1c1ccccc1.